The lowest BCUT2D eigenvalue weighted by molar-refractivity contribution is -0.000216. The minimum atomic E-state index is -0.180. The maximum absolute atomic E-state index is 13.0. The van der Waals surface area contributed by atoms with Crippen molar-refractivity contribution < 1.29 is 9.53 Å². The molecule has 1 N–H and O–H groups in total. The van der Waals surface area contributed by atoms with Gasteiger partial charge in [0.2, 0.25) is 0 Å². The molecule has 0 spiro atoms. The molecule has 1 saturated carbocycles. The average Bonchev–Trinajstić information content (AvgIpc) is 3.28. The van der Waals surface area contributed by atoms with Crippen LogP contribution in [0.15, 0.2) is 36.8 Å². The first-order valence-corrected chi connectivity index (χ1v) is 11.6. The van der Waals surface area contributed by atoms with Gasteiger partial charge in [0.25, 0.3) is 0 Å². The molecule has 2 atom stereocenters. The molecular weight excluding hydrogens is 402 g/mol. The summed E-state index contributed by atoms with van der Waals surface area (Å²) >= 11 is 0. The van der Waals surface area contributed by atoms with Crippen LogP contribution in [-0.2, 0) is 17.7 Å². The van der Waals surface area contributed by atoms with Gasteiger partial charge >= 0.3 is 6.09 Å². The molecule has 2 aliphatic rings. The van der Waals surface area contributed by atoms with Gasteiger partial charge in [-0.15, -0.1) is 0 Å². The van der Waals surface area contributed by atoms with E-state index in [1.54, 1.807) is 6.33 Å². The van der Waals surface area contributed by atoms with E-state index < -0.39 is 0 Å². The van der Waals surface area contributed by atoms with Crippen molar-refractivity contribution in [1.29, 1.82) is 5.26 Å². The number of carbonyl (C=O) groups is 1. The number of hydrogen-bond acceptors (Lipinski definition) is 5. The predicted octanol–water partition coefficient (Wildman–Crippen LogP) is 4.12. The van der Waals surface area contributed by atoms with Crippen LogP contribution in [0.5, 0.6) is 0 Å². The highest BCUT2D eigenvalue weighted by Crippen LogP contribution is 2.36. The van der Waals surface area contributed by atoms with E-state index in [9.17, 15) is 4.79 Å². The summed E-state index contributed by atoms with van der Waals surface area (Å²) in [6.07, 6.45) is 8.39. The summed E-state index contributed by atoms with van der Waals surface area (Å²) in [4.78, 5) is 24.6. The molecule has 7 heteroatoms. The van der Waals surface area contributed by atoms with Gasteiger partial charge in [0.15, 0.2) is 0 Å². The van der Waals surface area contributed by atoms with E-state index in [1.807, 2.05) is 35.4 Å². The number of aromatic nitrogens is 2. The fraction of sp³-hybridized carbons (Fsp3) is 0.560. The Kier molecular flexibility index (Phi) is 6.80. The summed E-state index contributed by atoms with van der Waals surface area (Å²) in [7, 11) is 0. The molecular formula is C25H33N5O2. The second kappa shape index (κ2) is 9.74. The number of aromatic amines is 1. The smallest absolute Gasteiger partial charge is 0.410 e. The monoisotopic (exact) mass is 435 g/mol. The van der Waals surface area contributed by atoms with Crippen LogP contribution in [0.25, 0.3) is 0 Å². The zero-order chi connectivity index (χ0) is 22.6. The summed E-state index contributed by atoms with van der Waals surface area (Å²) in [5.41, 5.74) is 3.14. The van der Waals surface area contributed by atoms with Gasteiger partial charge in [0.1, 0.15) is 6.10 Å². The highest BCUT2D eigenvalue weighted by atomic mass is 16.6. The van der Waals surface area contributed by atoms with Gasteiger partial charge in [-0.3, -0.25) is 4.90 Å². The minimum absolute atomic E-state index is 0.0222. The van der Waals surface area contributed by atoms with E-state index in [0.717, 1.165) is 44.5 Å². The number of rotatable bonds is 5. The molecule has 1 amide bonds. The molecule has 2 heterocycles. The third-order valence-corrected chi connectivity index (χ3v) is 6.77. The molecule has 1 aromatic carbocycles. The normalized spacial score (nSPS) is 23.5. The minimum Gasteiger partial charge on any atom is -0.446 e. The Morgan fingerprint density at radius 3 is 2.81 bits per heavy atom. The Balaban J connectivity index is 1.41. The number of carbonyl (C=O) groups excluding carboxylic acids is 1. The van der Waals surface area contributed by atoms with Crippen LogP contribution >= 0.6 is 0 Å². The largest absolute Gasteiger partial charge is 0.446 e. The number of nitrogens with one attached hydrogen (secondary N) is 1. The number of imidazole rings is 1. The van der Waals surface area contributed by atoms with Gasteiger partial charge in [-0.1, -0.05) is 26.0 Å². The van der Waals surface area contributed by atoms with E-state index in [2.05, 4.69) is 34.8 Å². The topological polar surface area (TPSA) is 85.2 Å². The molecule has 2 unspecified atom stereocenters. The summed E-state index contributed by atoms with van der Waals surface area (Å²) in [6.45, 7) is 7.37. The number of hydrogen-bond donors (Lipinski definition) is 1. The third-order valence-electron chi connectivity index (χ3n) is 6.77. The molecule has 32 heavy (non-hydrogen) atoms. The van der Waals surface area contributed by atoms with Crippen LogP contribution in [0.1, 0.15) is 56.4 Å². The molecule has 4 rings (SSSR count). The van der Waals surface area contributed by atoms with Gasteiger partial charge in [0.05, 0.1) is 18.0 Å². The fourth-order valence-electron chi connectivity index (χ4n) is 4.98. The zero-order valence-corrected chi connectivity index (χ0v) is 19.1. The van der Waals surface area contributed by atoms with Gasteiger partial charge < -0.3 is 14.6 Å². The number of amides is 1. The Morgan fingerprint density at radius 1 is 1.31 bits per heavy atom. The van der Waals surface area contributed by atoms with E-state index in [4.69, 9.17) is 10.00 Å². The number of H-pyrrole nitrogens is 1. The summed E-state index contributed by atoms with van der Waals surface area (Å²) in [6, 6.07) is 10.1. The van der Waals surface area contributed by atoms with E-state index >= 15 is 0 Å². The molecule has 1 aliphatic heterocycles. The predicted molar refractivity (Wildman–Crippen MR) is 122 cm³/mol. The van der Waals surface area contributed by atoms with Gasteiger partial charge in [-0.25, -0.2) is 9.78 Å². The van der Waals surface area contributed by atoms with Gasteiger partial charge in [0, 0.05) is 50.5 Å². The van der Waals surface area contributed by atoms with Gasteiger partial charge in [-0.05, 0) is 48.8 Å². The van der Waals surface area contributed by atoms with Crippen molar-refractivity contribution in [3.05, 3.63) is 53.6 Å². The molecule has 1 saturated heterocycles. The molecule has 7 nitrogen and oxygen atoms in total. The lowest BCUT2D eigenvalue weighted by Crippen LogP contribution is -2.55. The van der Waals surface area contributed by atoms with E-state index in [0.29, 0.717) is 18.7 Å². The van der Waals surface area contributed by atoms with Crippen molar-refractivity contribution in [2.45, 2.75) is 64.6 Å². The zero-order valence-electron chi connectivity index (χ0n) is 19.1. The standard InChI is InChI=1S/C25H33N5O2/c1-25(2)9-3-4-23(13-25)32-24(31)30-11-10-29(16-20-7-5-19(14-26)6-8-20)22(17-30)12-21-15-27-18-28-21/h5-8,15,18,22-23H,3-4,9-13,16-17H2,1-2H3,(H,27,28). The van der Waals surface area contributed by atoms with Crippen LogP contribution in [0, 0.1) is 16.7 Å². The maximum Gasteiger partial charge on any atom is 0.410 e. The summed E-state index contributed by atoms with van der Waals surface area (Å²) < 4.78 is 5.95. The molecule has 1 aliphatic carbocycles. The SMILES string of the molecule is CC1(C)CCCC(OC(=O)N2CCN(Cc3ccc(C#N)cc3)C(Cc3cnc[nH]3)C2)C1. The fourth-order valence-corrected chi connectivity index (χ4v) is 4.98. The molecule has 0 radical (unpaired) electrons. The van der Waals surface area contributed by atoms with Crippen LogP contribution in [0.4, 0.5) is 4.79 Å². The number of ether oxygens (including phenoxy) is 1. The van der Waals surface area contributed by atoms with Crippen LogP contribution in [0.2, 0.25) is 0 Å². The van der Waals surface area contributed by atoms with Crippen LogP contribution in [-0.4, -0.2) is 57.6 Å². The Labute approximate surface area is 190 Å². The first-order valence-electron chi connectivity index (χ1n) is 11.6. The molecule has 1 aromatic heterocycles. The molecule has 0 bridgehead atoms. The molecule has 170 valence electrons. The summed E-state index contributed by atoms with van der Waals surface area (Å²) in [5.74, 6) is 0. The van der Waals surface area contributed by atoms with Crippen molar-refractivity contribution >= 4 is 6.09 Å². The molecule has 2 fully saturated rings. The average molecular weight is 436 g/mol. The highest BCUT2D eigenvalue weighted by Gasteiger charge is 2.34. The Hall–Kier alpha value is -2.85. The lowest BCUT2D eigenvalue weighted by Gasteiger charge is -2.42. The van der Waals surface area contributed by atoms with Crippen molar-refractivity contribution in [2.24, 2.45) is 5.41 Å². The number of piperazine rings is 1. The summed E-state index contributed by atoms with van der Waals surface area (Å²) in [5, 5.41) is 9.04. The second-order valence-electron chi connectivity index (χ2n) is 9.93. The quantitative estimate of drug-likeness (QED) is 0.764. The Morgan fingerprint density at radius 2 is 2.12 bits per heavy atom. The Bertz CT molecular complexity index is 932. The van der Waals surface area contributed by atoms with Crippen LogP contribution < -0.4 is 0 Å². The van der Waals surface area contributed by atoms with Crippen molar-refractivity contribution in [3.8, 4) is 6.07 Å². The molecule has 2 aromatic rings. The van der Waals surface area contributed by atoms with Crippen molar-refractivity contribution in [3.63, 3.8) is 0 Å². The third kappa shape index (κ3) is 5.68. The number of nitrogens with zero attached hydrogens (tertiary/aromatic N) is 4. The number of benzene rings is 1. The highest BCUT2D eigenvalue weighted by molar-refractivity contribution is 5.68. The first-order chi connectivity index (χ1) is 15.4. The van der Waals surface area contributed by atoms with Crippen LogP contribution in [0.3, 0.4) is 0 Å². The number of nitriles is 1. The van der Waals surface area contributed by atoms with E-state index in [1.165, 1.54) is 12.0 Å². The second-order valence-corrected chi connectivity index (χ2v) is 9.93. The lowest BCUT2D eigenvalue weighted by atomic mass is 9.76. The van der Waals surface area contributed by atoms with Gasteiger partial charge in [-0.2, -0.15) is 5.26 Å². The van der Waals surface area contributed by atoms with Crippen molar-refractivity contribution in [2.75, 3.05) is 19.6 Å². The maximum atomic E-state index is 13.0. The first kappa shape index (κ1) is 22.3. The van der Waals surface area contributed by atoms with E-state index in [-0.39, 0.29) is 23.7 Å². The van der Waals surface area contributed by atoms with Crippen molar-refractivity contribution in [1.82, 2.24) is 19.8 Å².